The maximum Gasteiger partial charge on any atom is 0.248 e. The van der Waals surface area contributed by atoms with Gasteiger partial charge in [0.05, 0.1) is 12.3 Å². The highest BCUT2D eigenvalue weighted by Gasteiger charge is 2.18. The topological polar surface area (TPSA) is 102 Å². The number of carbonyl (C=O) groups excluding carboxylic acids is 1. The van der Waals surface area contributed by atoms with Gasteiger partial charge in [0.1, 0.15) is 0 Å². The Hall–Kier alpha value is -3.82. The third-order valence-corrected chi connectivity index (χ3v) is 5.29. The van der Waals surface area contributed by atoms with Crippen LogP contribution in [0, 0.1) is 12.7 Å². The standard InChI is InChI=1S/C25H27FN6O2/c1-17-5-2-6-18(13-17)29-24-22(26)15-27-25(31-24)30-20-8-3-7-19(14-20)28-23(34)9-4-11-32-12-10-21(33)16-32/h2-9,13-15,21,33H,10-12,16H2,1H3,(H,28,34)(H2,27,29,30,31). The van der Waals surface area contributed by atoms with Gasteiger partial charge < -0.3 is 21.1 Å². The SMILES string of the molecule is Cc1cccc(Nc2nc(Nc3cccc(NC(=O)C=CCN4CCC(O)C4)c3)ncc2F)c1. The Labute approximate surface area is 197 Å². The zero-order valence-corrected chi connectivity index (χ0v) is 18.8. The second kappa shape index (κ2) is 10.9. The average Bonchev–Trinajstić information content (AvgIpc) is 3.21. The molecule has 1 amide bonds. The lowest BCUT2D eigenvalue weighted by molar-refractivity contribution is -0.111. The molecule has 2 aromatic carbocycles. The molecule has 0 bridgehead atoms. The number of nitrogens with one attached hydrogen (secondary N) is 3. The maximum atomic E-state index is 14.2. The highest BCUT2D eigenvalue weighted by atomic mass is 19.1. The van der Waals surface area contributed by atoms with Gasteiger partial charge in [-0.25, -0.2) is 9.37 Å². The number of amides is 1. The van der Waals surface area contributed by atoms with Crippen LogP contribution < -0.4 is 16.0 Å². The van der Waals surface area contributed by atoms with E-state index in [0.29, 0.717) is 24.5 Å². The number of aromatic nitrogens is 2. The molecule has 1 saturated heterocycles. The van der Waals surface area contributed by atoms with Crippen molar-refractivity contribution in [1.29, 1.82) is 0 Å². The number of hydrogen-bond acceptors (Lipinski definition) is 7. The Bertz CT molecular complexity index is 1190. The zero-order valence-electron chi connectivity index (χ0n) is 18.8. The molecule has 8 nitrogen and oxygen atoms in total. The van der Waals surface area contributed by atoms with E-state index in [-0.39, 0.29) is 23.8 Å². The van der Waals surface area contributed by atoms with Gasteiger partial charge in [-0.05, 0) is 49.2 Å². The van der Waals surface area contributed by atoms with Crippen LogP contribution in [0.2, 0.25) is 0 Å². The van der Waals surface area contributed by atoms with E-state index in [1.165, 1.54) is 6.08 Å². The van der Waals surface area contributed by atoms with Crippen LogP contribution in [0.15, 0.2) is 66.9 Å². The summed E-state index contributed by atoms with van der Waals surface area (Å²) in [7, 11) is 0. The van der Waals surface area contributed by atoms with Crippen molar-refractivity contribution in [3.8, 4) is 0 Å². The molecule has 1 fully saturated rings. The van der Waals surface area contributed by atoms with Gasteiger partial charge in [-0.2, -0.15) is 4.98 Å². The Morgan fingerprint density at radius 2 is 1.94 bits per heavy atom. The van der Waals surface area contributed by atoms with E-state index in [2.05, 4.69) is 30.8 Å². The summed E-state index contributed by atoms with van der Waals surface area (Å²) in [5.41, 5.74) is 3.00. The minimum absolute atomic E-state index is 0.0585. The van der Waals surface area contributed by atoms with Gasteiger partial charge in [-0.1, -0.05) is 24.3 Å². The van der Waals surface area contributed by atoms with Crippen molar-refractivity contribution in [2.45, 2.75) is 19.4 Å². The number of benzene rings is 2. The van der Waals surface area contributed by atoms with Crippen LogP contribution in [0.3, 0.4) is 0 Å². The minimum atomic E-state index is -0.566. The molecule has 0 radical (unpaired) electrons. The van der Waals surface area contributed by atoms with Gasteiger partial charge in [0, 0.05) is 42.8 Å². The summed E-state index contributed by atoms with van der Waals surface area (Å²) in [5.74, 6) is -0.543. The highest BCUT2D eigenvalue weighted by molar-refractivity contribution is 5.99. The molecule has 1 atom stereocenters. The van der Waals surface area contributed by atoms with Crippen molar-refractivity contribution in [2.75, 3.05) is 35.6 Å². The molecule has 0 saturated carbocycles. The van der Waals surface area contributed by atoms with Crippen molar-refractivity contribution in [3.05, 3.63) is 78.3 Å². The molecule has 34 heavy (non-hydrogen) atoms. The predicted molar refractivity (Wildman–Crippen MR) is 131 cm³/mol. The van der Waals surface area contributed by atoms with E-state index in [1.807, 2.05) is 31.2 Å². The molecule has 0 spiro atoms. The molecule has 1 unspecified atom stereocenters. The molecule has 176 valence electrons. The number of nitrogens with zero attached hydrogens (tertiary/aromatic N) is 3. The summed E-state index contributed by atoms with van der Waals surface area (Å²) in [6, 6.07) is 14.6. The summed E-state index contributed by atoms with van der Waals surface area (Å²) in [6.07, 6.45) is 4.85. The Kier molecular flexibility index (Phi) is 7.46. The van der Waals surface area contributed by atoms with Crippen molar-refractivity contribution < 1.29 is 14.3 Å². The molecule has 0 aliphatic carbocycles. The van der Waals surface area contributed by atoms with E-state index in [9.17, 15) is 14.3 Å². The van der Waals surface area contributed by atoms with Gasteiger partial charge in [0.15, 0.2) is 11.6 Å². The van der Waals surface area contributed by atoms with Gasteiger partial charge in [-0.15, -0.1) is 0 Å². The summed E-state index contributed by atoms with van der Waals surface area (Å²) in [6.45, 7) is 4.03. The van der Waals surface area contributed by atoms with Crippen molar-refractivity contribution in [2.24, 2.45) is 0 Å². The van der Waals surface area contributed by atoms with Crippen LogP contribution in [-0.2, 0) is 4.79 Å². The second-order valence-corrected chi connectivity index (χ2v) is 8.18. The first-order chi connectivity index (χ1) is 16.4. The van der Waals surface area contributed by atoms with E-state index in [0.717, 1.165) is 30.4 Å². The number of aryl methyl sites for hydroxylation is 1. The molecule has 4 N–H and O–H groups in total. The zero-order chi connectivity index (χ0) is 23.9. The number of carbonyl (C=O) groups is 1. The molecular formula is C25H27FN6O2. The summed E-state index contributed by atoms with van der Waals surface area (Å²) >= 11 is 0. The summed E-state index contributed by atoms with van der Waals surface area (Å²) in [5, 5.41) is 18.4. The van der Waals surface area contributed by atoms with E-state index >= 15 is 0 Å². The van der Waals surface area contributed by atoms with Gasteiger partial charge in [0.2, 0.25) is 11.9 Å². The predicted octanol–water partition coefficient (Wildman–Crippen LogP) is 3.97. The fourth-order valence-electron chi connectivity index (χ4n) is 3.65. The Morgan fingerprint density at radius 1 is 1.18 bits per heavy atom. The molecule has 4 rings (SSSR count). The lowest BCUT2D eigenvalue weighted by atomic mass is 10.2. The second-order valence-electron chi connectivity index (χ2n) is 8.18. The monoisotopic (exact) mass is 462 g/mol. The number of aliphatic hydroxyl groups is 1. The average molecular weight is 463 g/mol. The maximum absolute atomic E-state index is 14.2. The fourth-order valence-corrected chi connectivity index (χ4v) is 3.65. The van der Waals surface area contributed by atoms with Crippen LogP contribution in [0.5, 0.6) is 0 Å². The van der Waals surface area contributed by atoms with Crippen molar-refractivity contribution in [1.82, 2.24) is 14.9 Å². The molecule has 1 aliphatic heterocycles. The highest BCUT2D eigenvalue weighted by Crippen LogP contribution is 2.22. The largest absolute Gasteiger partial charge is 0.392 e. The van der Waals surface area contributed by atoms with Crippen LogP contribution in [0.4, 0.5) is 33.2 Å². The number of hydrogen-bond donors (Lipinski definition) is 4. The van der Waals surface area contributed by atoms with E-state index in [1.54, 1.807) is 30.3 Å². The van der Waals surface area contributed by atoms with Crippen LogP contribution in [0.25, 0.3) is 0 Å². The van der Waals surface area contributed by atoms with Crippen LogP contribution in [0.1, 0.15) is 12.0 Å². The molecule has 9 heteroatoms. The number of halogens is 1. The lowest BCUT2D eigenvalue weighted by Crippen LogP contribution is -2.22. The minimum Gasteiger partial charge on any atom is -0.392 e. The van der Waals surface area contributed by atoms with Gasteiger partial charge in [-0.3, -0.25) is 9.69 Å². The summed E-state index contributed by atoms with van der Waals surface area (Å²) < 4.78 is 14.2. The normalized spacial score (nSPS) is 16.0. The first kappa shape index (κ1) is 23.3. The first-order valence-electron chi connectivity index (χ1n) is 11.1. The van der Waals surface area contributed by atoms with Crippen LogP contribution >= 0.6 is 0 Å². The van der Waals surface area contributed by atoms with Gasteiger partial charge >= 0.3 is 0 Å². The molecule has 1 aromatic heterocycles. The first-order valence-corrected chi connectivity index (χ1v) is 11.1. The fraction of sp³-hybridized carbons (Fsp3) is 0.240. The van der Waals surface area contributed by atoms with Gasteiger partial charge in [0.25, 0.3) is 0 Å². The lowest BCUT2D eigenvalue weighted by Gasteiger charge is -2.11. The smallest absolute Gasteiger partial charge is 0.248 e. The Balaban J connectivity index is 1.37. The quantitative estimate of drug-likeness (QED) is 0.376. The number of anilines is 5. The summed E-state index contributed by atoms with van der Waals surface area (Å²) in [4.78, 5) is 22.6. The van der Waals surface area contributed by atoms with Crippen molar-refractivity contribution in [3.63, 3.8) is 0 Å². The number of rotatable bonds is 8. The molecular weight excluding hydrogens is 435 g/mol. The van der Waals surface area contributed by atoms with Crippen LogP contribution in [-0.4, -0.2) is 51.6 Å². The van der Waals surface area contributed by atoms with Crippen molar-refractivity contribution >= 4 is 34.7 Å². The number of aliphatic hydroxyl groups excluding tert-OH is 1. The number of β-amino-alcohol motifs (C(OH)–C–C–N with tert-alkyl or cyclic N) is 1. The third-order valence-electron chi connectivity index (χ3n) is 5.29. The molecule has 3 aromatic rings. The van der Waals surface area contributed by atoms with E-state index in [4.69, 9.17) is 0 Å². The third kappa shape index (κ3) is 6.60. The van der Waals surface area contributed by atoms with E-state index < -0.39 is 5.82 Å². The molecule has 2 heterocycles. The molecule has 1 aliphatic rings. The Morgan fingerprint density at radius 3 is 2.71 bits per heavy atom. The number of likely N-dealkylation sites (tertiary alicyclic amines) is 1.